The van der Waals surface area contributed by atoms with E-state index in [4.69, 9.17) is 16.3 Å². The number of hydrogen-bond donors (Lipinski definition) is 0. The topological polar surface area (TPSA) is 26.3 Å². The van der Waals surface area contributed by atoms with Crippen LogP contribution >= 0.6 is 27.5 Å². The molecule has 0 radical (unpaired) electrons. The number of halogens is 2. The SMILES string of the molecule is COCC(=O)c1cc(Cl)cc(Br)c1. The van der Waals surface area contributed by atoms with Crippen LogP contribution < -0.4 is 0 Å². The molecule has 0 saturated carbocycles. The molecule has 1 rings (SSSR count). The van der Waals surface area contributed by atoms with Crippen molar-refractivity contribution in [3.8, 4) is 0 Å². The summed E-state index contributed by atoms with van der Waals surface area (Å²) in [7, 11) is 1.48. The molecule has 0 amide bonds. The van der Waals surface area contributed by atoms with Crippen molar-refractivity contribution in [3.05, 3.63) is 33.3 Å². The van der Waals surface area contributed by atoms with Gasteiger partial charge in [-0.05, 0) is 18.2 Å². The highest BCUT2D eigenvalue weighted by Gasteiger charge is 2.06. The zero-order valence-electron chi connectivity index (χ0n) is 7.01. The maximum Gasteiger partial charge on any atom is 0.188 e. The Morgan fingerprint density at radius 2 is 2.23 bits per heavy atom. The van der Waals surface area contributed by atoms with Crippen molar-refractivity contribution in [1.82, 2.24) is 0 Å². The van der Waals surface area contributed by atoms with Gasteiger partial charge in [0, 0.05) is 22.2 Å². The van der Waals surface area contributed by atoms with Crippen LogP contribution in [0, 0.1) is 0 Å². The fourth-order valence-corrected chi connectivity index (χ4v) is 1.79. The highest BCUT2D eigenvalue weighted by molar-refractivity contribution is 9.10. The number of carbonyl (C=O) groups excluding carboxylic acids is 1. The van der Waals surface area contributed by atoms with Crippen LogP contribution in [0.25, 0.3) is 0 Å². The second-order valence-corrected chi connectivity index (χ2v) is 3.87. The van der Waals surface area contributed by atoms with Crippen molar-refractivity contribution in [2.45, 2.75) is 0 Å². The maximum atomic E-state index is 11.3. The molecule has 0 bridgehead atoms. The van der Waals surface area contributed by atoms with Gasteiger partial charge in [0.25, 0.3) is 0 Å². The van der Waals surface area contributed by atoms with Crippen LogP contribution in [0.15, 0.2) is 22.7 Å². The third-order valence-corrected chi connectivity index (χ3v) is 2.14. The first-order chi connectivity index (χ1) is 6.13. The second-order valence-electron chi connectivity index (χ2n) is 2.51. The smallest absolute Gasteiger partial charge is 0.188 e. The minimum absolute atomic E-state index is 0.0762. The summed E-state index contributed by atoms with van der Waals surface area (Å²) in [5.41, 5.74) is 0.557. The van der Waals surface area contributed by atoms with Crippen molar-refractivity contribution >= 4 is 33.3 Å². The van der Waals surface area contributed by atoms with Crippen LogP contribution in [0.2, 0.25) is 5.02 Å². The van der Waals surface area contributed by atoms with Gasteiger partial charge in [0.1, 0.15) is 6.61 Å². The lowest BCUT2D eigenvalue weighted by molar-refractivity contribution is 0.0848. The molecule has 0 atom stereocenters. The number of carbonyl (C=O) groups is 1. The molecule has 0 aromatic heterocycles. The average Bonchev–Trinajstić information content (AvgIpc) is 2.03. The Morgan fingerprint density at radius 1 is 1.54 bits per heavy atom. The van der Waals surface area contributed by atoms with Gasteiger partial charge in [-0.15, -0.1) is 0 Å². The zero-order chi connectivity index (χ0) is 9.84. The molecule has 4 heteroatoms. The maximum absolute atomic E-state index is 11.3. The number of methoxy groups -OCH3 is 1. The fourth-order valence-electron chi connectivity index (χ4n) is 0.929. The van der Waals surface area contributed by atoms with E-state index in [0.29, 0.717) is 10.6 Å². The average molecular weight is 264 g/mol. The molecule has 13 heavy (non-hydrogen) atoms. The van der Waals surface area contributed by atoms with Gasteiger partial charge in [-0.1, -0.05) is 27.5 Å². The third kappa shape index (κ3) is 3.10. The largest absolute Gasteiger partial charge is 0.377 e. The molecule has 0 spiro atoms. The molecule has 0 fully saturated rings. The van der Waals surface area contributed by atoms with Gasteiger partial charge < -0.3 is 4.74 Å². The van der Waals surface area contributed by atoms with E-state index in [1.54, 1.807) is 18.2 Å². The quantitative estimate of drug-likeness (QED) is 0.784. The highest BCUT2D eigenvalue weighted by atomic mass is 79.9. The van der Waals surface area contributed by atoms with E-state index < -0.39 is 0 Å². The molecule has 2 nitrogen and oxygen atoms in total. The van der Waals surface area contributed by atoms with Gasteiger partial charge in [0.05, 0.1) is 0 Å². The van der Waals surface area contributed by atoms with E-state index in [-0.39, 0.29) is 12.4 Å². The van der Waals surface area contributed by atoms with Crippen LogP contribution in [-0.4, -0.2) is 19.5 Å². The molecule has 0 aliphatic carbocycles. The lowest BCUT2D eigenvalue weighted by Gasteiger charge is -2.01. The monoisotopic (exact) mass is 262 g/mol. The van der Waals surface area contributed by atoms with E-state index >= 15 is 0 Å². The predicted molar refractivity (Wildman–Crippen MR) is 55.4 cm³/mol. The Morgan fingerprint density at radius 3 is 2.77 bits per heavy atom. The number of benzene rings is 1. The molecule has 70 valence electrons. The summed E-state index contributed by atoms with van der Waals surface area (Å²) in [6, 6.07) is 5.06. The minimum Gasteiger partial charge on any atom is -0.377 e. The second kappa shape index (κ2) is 4.74. The summed E-state index contributed by atoms with van der Waals surface area (Å²) in [6.45, 7) is 0.0762. The van der Waals surface area contributed by atoms with Crippen LogP contribution in [0.3, 0.4) is 0 Å². The normalized spacial score (nSPS) is 10.1. The van der Waals surface area contributed by atoms with Crippen LogP contribution in [0.4, 0.5) is 0 Å². The van der Waals surface area contributed by atoms with Crippen LogP contribution in [0.5, 0.6) is 0 Å². The zero-order valence-corrected chi connectivity index (χ0v) is 9.35. The number of rotatable bonds is 3. The van der Waals surface area contributed by atoms with Crippen molar-refractivity contribution in [3.63, 3.8) is 0 Å². The lowest BCUT2D eigenvalue weighted by atomic mass is 10.1. The summed E-state index contributed by atoms with van der Waals surface area (Å²) in [5, 5.41) is 0.536. The Kier molecular flexibility index (Phi) is 3.90. The first-order valence-electron chi connectivity index (χ1n) is 3.61. The number of ether oxygens (including phenoxy) is 1. The summed E-state index contributed by atoms with van der Waals surface area (Å²) in [4.78, 5) is 11.3. The molecule has 0 heterocycles. The molecule has 0 aliphatic rings. The van der Waals surface area contributed by atoms with E-state index in [1.165, 1.54) is 7.11 Å². The summed E-state index contributed by atoms with van der Waals surface area (Å²) in [5.74, 6) is -0.0781. The number of ketones is 1. The van der Waals surface area contributed by atoms with Gasteiger partial charge in [-0.2, -0.15) is 0 Å². The van der Waals surface area contributed by atoms with E-state index in [9.17, 15) is 4.79 Å². The summed E-state index contributed by atoms with van der Waals surface area (Å²) < 4.78 is 5.52. The predicted octanol–water partition coefficient (Wildman–Crippen LogP) is 2.93. The molecule has 1 aromatic rings. The van der Waals surface area contributed by atoms with Crippen molar-refractivity contribution in [2.75, 3.05) is 13.7 Å². The highest BCUT2D eigenvalue weighted by Crippen LogP contribution is 2.19. The molecular weight excluding hydrogens is 255 g/mol. The summed E-state index contributed by atoms with van der Waals surface area (Å²) >= 11 is 9.03. The van der Waals surface area contributed by atoms with Crippen molar-refractivity contribution in [1.29, 1.82) is 0 Å². The summed E-state index contributed by atoms with van der Waals surface area (Å²) in [6.07, 6.45) is 0. The molecule has 0 unspecified atom stereocenters. The lowest BCUT2D eigenvalue weighted by Crippen LogP contribution is -2.06. The van der Waals surface area contributed by atoms with E-state index in [1.807, 2.05) is 0 Å². The standard InChI is InChI=1S/C9H8BrClO2/c1-13-5-9(12)6-2-7(10)4-8(11)3-6/h2-4H,5H2,1H3. The van der Waals surface area contributed by atoms with Crippen molar-refractivity contribution < 1.29 is 9.53 Å². The molecule has 0 aliphatic heterocycles. The number of Topliss-reactive ketones (excluding diaryl/α,β-unsaturated/α-hetero) is 1. The Hall–Kier alpha value is -0.380. The molecular formula is C9H8BrClO2. The molecule has 1 aromatic carbocycles. The van der Waals surface area contributed by atoms with Gasteiger partial charge in [-0.25, -0.2) is 0 Å². The van der Waals surface area contributed by atoms with Gasteiger partial charge >= 0.3 is 0 Å². The molecule has 0 N–H and O–H groups in total. The van der Waals surface area contributed by atoms with Gasteiger partial charge in [-0.3, -0.25) is 4.79 Å². The van der Waals surface area contributed by atoms with Gasteiger partial charge in [0.2, 0.25) is 0 Å². The van der Waals surface area contributed by atoms with Crippen molar-refractivity contribution in [2.24, 2.45) is 0 Å². The minimum atomic E-state index is -0.0781. The Bertz CT molecular complexity index is 305. The third-order valence-electron chi connectivity index (χ3n) is 1.46. The van der Waals surface area contributed by atoms with E-state index in [2.05, 4.69) is 15.9 Å². The first kappa shape index (κ1) is 10.7. The van der Waals surface area contributed by atoms with Crippen LogP contribution in [0.1, 0.15) is 10.4 Å². The number of hydrogen-bond acceptors (Lipinski definition) is 2. The van der Waals surface area contributed by atoms with Crippen LogP contribution in [-0.2, 0) is 4.74 Å². The Balaban J connectivity index is 2.94. The Labute approximate surface area is 90.0 Å². The fraction of sp³-hybridized carbons (Fsp3) is 0.222. The first-order valence-corrected chi connectivity index (χ1v) is 4.79. The molecule has 0 saturated heterocycles. The van der Waals surface area contributed by atoms with Gasteiger partial charge in [0.15, 0.2) is 5.78 Å². The van der Waals surface area contributed by atoms with E-state index in [0.717, 1.165) is 4.47 Å².